The minimum atomic E-state index is -0.555. The maximum Gasteiger partial charge on any atom is 0.143 e. The molecule has 0 aliphatic heterocycles. The van der Waals surface area contributed by atoms with Crippen molar-refractivity contribution in [2.75, 3.05) is 6.54 Å². The van der Waals surface area contributed by atoms with Gasteiger partial charge in [-0.2, -0.15) is 0 Å². The Labute approximate surface area is 131 Å². The highest BCUT2D eigenvalue weighted by Crippen LogP contribution is 2.27. The Morgan fingerprint density at radius 1 is 1.19 bits per heavy atom. The third-order valence-corrected chi connectivity index (χ3v) is 3.98. The number of furan rings is 1. The molecule has 1 unspecified atom stereocenters. The molecule has 1 aromatic heterocycles. The van der Waals surface area contributed by atoms with Crippen LogP contribution in [0.1, 0.15) is 37.0 Å². The summed E-state index contributed by atoms with van der Waals surface area (Å²) in [6, 6.07) is 6.14. The highest BCUT2D eigenvalue weighted by Gasteiger charge is 2.21. The molecular formula is C16H18BrF2NO. The van der Waals surface area contributed by atoms with Gasteiger partial charge in [-0.05, 0) is 46.7 Å². The van der Waals surface area contributed by atoms with E-state index in [1.807, 2.05) is 26.0 Å². The normalized spacial score (nSPS) is 12.6. The molecule has 0 saturated carbocycles. The van der Waals surface area contributed by atoms with Gasteiger partial charge >= 0.3 is 0 Å². The molecule has 1 heterocycles. The Hall–Kier alpha value is -1.20. The number of halogens is 3. The van der Waals surface area contributed by atoms with Crippen LogP contribution in [0, 0.1) is 11.6 Å². The second-order valence-electron chi connectivity index (χ2n) is 4.79. The molecule has 114 valence electrons. The molecule has 0 aliphatic carbocycles. The molecule has 0 bridgehead atoms. The third kappa shape index (κ3) is 3.71. The Morgan fingerprint density at radius 3 is 2.57 bits per heavy atom. The van der Waals surface area contributed by atoms with Gasteiger partial charge in [-0.3, -0.25) is 0 Å². The van der Waals surface area contributed by atoms with Crippen molar-refractivity contribution in [3.05, 3.63) is 57.5 Å². The first-order chi connectivity index (χ1) is 10.1. The molecule has 1 aromatic carbocycles. The van der Waals surface area contributed by atoms with Crippen molar-refractivity contribution in [2.24, 2.45) is 0 Å². The van der Waals surface area contributed by atoms with Crippen molar-refractivity contribution in [2.45, 2.75) is 32.7 Å². The zero-order chi connectivity index (χ0) is 15.4. The molecule has 2 aromatic rings. The number of aryl methyl sites for hydroxylation is 1. The van der Waals surface area contributed by atoms with Gasteiger partial charge in [-0.15, -0.1) is 0 Å². The average Bonchev–Trinajstić information content (AvgIpc) is 2.95. The van der Waals surface area contributed by atoms with Crippen LogP contribution in [0.4, 0.5) is 8.78 Å². The van der Waals surface area contributed by atoms with Gasteiger partial charge in [0.05, 0.1) is 10.5 Å². The molecule has 0 amide bonds. The van der Waals surface area contributed by atoms with Crippen molar-refractivity contribution in [1.29, 1.82) is 0 Å². The van der Waals surface area contributed by atoms with Crippen LogP contribution in [0.2, 0.25) is 0 Å². The van der Waals surface area contributed by atoms with Crippen LogP contribution in [-0.4, -0.2) is 6.54 Å². The van der Waals surface area contributed by atoms with Crippen LogP contribution >= 0.6 is 15.9 Å². The Kier molecular flexibility index (Phi) is 5.53. The van der Waals surface area contributed by atoms with E-state index < -0.39 is 11.6 Å². The summed E-state index contributed by atoms with van der Waals surface area (Å²) in [5, 5.41) is 3.22. The summed E-state index contributed by atoms with van der Waals surface area (Å²) in [5.41, 5.74) is 0.0600. The van der Waals surface area contributed by atoms with Crippen LogP contribution in [0.5, 0.6) is 0 Å². The van der Waals surface area contributed by atoms with Gasteiger partial charge in [0.25, 0.3) is 0 Å². The summed E-state index contributed by atoms with van der Waals surface area (Å²) >= 11 is 3.10. The number of hydrogen-bond acceptors (Lipinski definition) is 2. The predicted molar refractivity (Wildman–Crippen MR) is 82.3 cm³/mol. The minimum absolute atomic E-state index is 0.0600. The summed E-state index contributed by atoms with van der Waals surface area (Å²) in [4.78, 5) is 0. The van der Waals surface area contributed by atoms with Gasteiger partial charge < -0.3 is 9.73 Å². The molecule has 0 fully saturated rings. The van der Waals surface area contributed by atoms with E-state index in [-0.39, 0.29) is 22.5 Å². The predicted octanol–water partition coefficient (Wildman–Crippen LogP) is 4.78. The summed E-state index contributed by atoms with van der Waals surface area (Å²) in [6.45, 7) is 4.63. The zero-order valence-corrected chi connectivity index (χ0v) is 13.6. The quantitative estimate of drug-likeness (QED) is 0.752. The van der Waals surface area contributed by atoms with Crippen LogP contribution < -0.4 is 5.32 Å². The molecule has 2 rings (SSSR count). The highest BCUT2D eigenvalue weighted by atomic mass is 79.9. The van der Waals surface area contributed by atoms with Crippen molar-refractivity contribution in [3.63, 3.8) is 0 Å². The molecule has 1 N–H and O–H groups in total. The van der Waals surface area contributed by atoms with Crippen LogP contribution in [-0.2, 0) is 12.8 Å². The topological polar surface area (TPSA) is 25.2 Å². The minimum Gasteiger partial charge on any atom is -0.464 e. The van der Waals surface area contributed by atoms with Gasteiger partial charge in [0.1, 0.15) is 23.2 Å². The Bertz CT molecular complexity index is 612. The molecular weight excluding hydrogens is 340 g/mol. The molecule has 21 heavy (non-hydrogen) atoms. The monoisotopic (exact) mass is 357 g/mol. The lowest BCUT2D eigenvalue weighted by molar-refractivity contribution is 0.389. The lowest BCUT2D eigenvalue weighted by atomic mass is 10.0. The maximum absolute atomic E-state index is 14.1. The Morgan fingerprint density at radius 2 is 1.95 bits per heavy atom. The number of nitrogens with one attached hydrogen (secondary N) is 1. The van der Waals surface area contributed by atoms with Crippen molar-refractivity contribution in [1.82, 2.24) is 5.32 Å². The largest absolute Gasteiger partial charge is 0.464 e. The molecule has 2 nitrogen and oxygen atoms in total. The fraction of sp³-hybridized carbons (Fsp3) is 0.375. The summed E-state index contributed by atoms with van der Waals surface area (Å²) in [7, 11) is 0. The molecule has 1 atom stereocenters. The molecule has 0 spiro atoms. The summed E-state index contributed by atoms with van der Waals surface area (Å²) < 4.78 is 34.0. The first kappa shape index (κ1) is 16.2. The van der Waals surface area contributed by atoms with Gasteiger partial charge in [0.15, 0.2) is 0 Å². The fourth-order valence-corrected chi connectivity index (χ4v) is 2.62. The first-order valence-corrected chi connectivity index (χ1v) is 7.80. The molecule has 0 radical (unpaired) electrons. The van der Waals surface area contributed by atoms with E-state index >= 15 is 0 Å². The van der Waals surface area contributed by atoms with Crippen molar-refractivity contribution < 1.29 is 13.2 Å². The van der Waals surface area contributed by atoms with E-state index in [9.17, 15) is 8.78 Å². The fourth-order valence-electron chi connectivity index (χ4n) is 2.25. The van der Waals surface area contributed by atoms with Crippen LogP contribution in [0.25, 0.3) is 0 Å². The Balaban J connectivity index is 2.30. The van der Waals surface area contributed by atoms with Crippen molar-refractivity contribution in [3.8, 4) is 0 Å². The van der Waals surface area contributed by atoms with Gasteiger partial charge in [0.2, 0.25) is 0 Å². The van der Waals surface area contributed by atoms with E-state index in [4.69, 9.17) is 4.42 Å². The van der Waals surface area contributed by atoms with E-state index in [2.05, 4.69) is 21.2 Å². The van der Waals surface area contributed by atoms with E-state index in [0.717, 1.165) is 12.2 Å². The number of benzene rings is 1. The van der Waals surface area contributed by atoms with Gasteiger partial charge in [0, 0.05) is 18.4 Å². The molecule has 0 saturated heterocycles. The van der Waals surface area contributed by atoms with Crippen LogP contribution in [0.15, 0.2) is 33.2 Å². The second kappa shape index (κ2) is 7.18. The number of likely N-dealkylation sites (N-methyl/N-ethyl adjacent to an activating group) is 1. The lowest BCUT2D eigenvalue weighted by Crippen LogP contribution is -2.23. The molecule has 0 aliphatic rings. The SMILES string of the molecule is CCNC(Cc1c(F)ccc(Br)c1F)c1ccc(CC)o1. The second-order valence-corrected chi connectivity index (χ2v) is 5.65. The van der Waals surface area contributed by atoms with Gasteiger partial charge in [-0.25, -0.2) is 8.78 Å². The summed E-state index contributed by atoms with van der Waals surface area (Å²) in [5.74, 6) is 0.469. The smallest absolute Gasteiger partial charge is 0.143 e. The maximum atomic E-state index is 14.1. The number of hydrogen-bond donors (Lipinski definition) is 1. The third-order valence-electron chi connectivity index (χ3n) is 3.37. The van der Waals surface area contributed by atoms with Crippen LogP contribution in [0.3, 0.4) is 0 Å². The van der Waals surface area contributed by atoms with E-state index in [1.54, 1.807) is 0 Å². The average molecular weight is 358 g/mol. The van der Waals surface area contributed by atoms with E-state index in [0.29, 0.717) is 12.3 Å². The van der Waals surface area contributed by atoms with Gasteiger partial charge in [-0.1, -0.05) is 13.8 Å². The highest BCUT2D eigenvalue weighted by molar-refractivity contribution is 9.10. The van der Waals surface area contributed by atoms with E-state index in [1.165, 1.54) is 12.1 Å². The first-order valence-electron chi connectivity index (χ1n) is 7.01. The van der Waals surface area contributed by atoms with Crippen molar-refractivity contribution >= 4 is 15.9 Å². The molecule has 5 heteroatoms. The lowest BCUT2D eigenvalue weighted by Gasteiger charge is -2.17. The summed E-state index contributed by atoms with van der Waals surface area (Å²) in [6.07, 6.45) is 0.986. The standard InChI is InChI=1S/C16H18BrF2NO/c1-3-10-5-8-15(21-10)14(20-4-2)9-11-13(18)7-6-12(17)16(11)19/h5-8,14,20H,3-4,9H2,1-2H3. The number of rotatable bonds is 6. The zero-order valence-electron chi connectivity index (χ0n) is 12.1.